The number of benzene rings is 1. The zero-order chi connectivity index (χ0) is 20.6. The van der Waals surface area contributed by atoms with Gasteiger partial charge in [0.15, 0.2) is 0 Å². The van der Waals surface area contributed by atoms with E-state index in [1.54, 1.807) is 16.2 Å². The Labute approximate surface area is 174 Å². The number of thiazole rings is 1. The highest BCUT2D eigenvalue weighted by Crippen LogP contribution is 2.37. The Morgan fingerprint density at radius 3 is 2.86 bits per heavy atom. The lowest BCUT2D eigenvalue weighted by molar-refractivity contribution is 0.0224. The summed E-state index contributed by atoms with van der Waals surface area (Å²) in [6, 6.07) is 9.69. The second kappa shape index (κ2) is 7.72. The largest absolute Gasteiger partial charge is 0.444 e. The molecule has 7 heteroatoms. The molecule has 152 valence electrons. The van der Waals surface area contributed by atoms with Crippen LogP contribution in [0.1, 0.15) is 50.4 Å². The lowest BCUT2D eigenvalue weighted by Gasteiger charge is -2.27. The number of aliphatic hydroxyl groups is 1. The van der Waals surface area contributed by atoms with Crippen LogP contribution in [-0.4, -0.2) is 38.2 Å². The number of rotatable bonds is 3. The fourth-order valence-electron chi connectivity index (χ4n) is 3.65. The molecule has 0 saturated carbocycles. The molecule has 29 heavy (non-hydrogen) atoms. The Morgan fingerprint density at radius 2 is 2.10 bits per heavy atom. The van der Waals surface area contributed by atoms with Crippen LogP contribution in [0.4, 0.5) is 4.79 Å². The number of aliphatic hydroxyl groups excluding tert-OH is 1. The standard InChI is InChI=1S/C22H25N3O3S/c1-22(2,3)28-21(27)25-10-6-9-19(25)20-24-18(13-29-20)16-11-14(12-26)23-17-8-5-4-7-15(16)17/h4-5,7-8,11,13,19,26H,6,9-10,12H2,1-3H3/t19-/m0/s1. The summed E-state index contributed by atoms with van der Waals surface area (Å²) in [7, 11) is 0. The third kappa shape index (κ3) is 4.11. The van der Waals surface area contributed by atoms with Crippen LogP contribution in [-0.2, 0) is 11.3 Å². The smallest absolute Gasteiger partial charge is 0.410 e. The first kappa shape index (κ1) is 19.8. The molecule has 1 amide bonds. The average molecular weight is 412 g/mol. The first-order chi connectivity index (χ1) is 13.9. The van der Waals surface area contributed by atoms with Gasteiger partial charge in [-0.15, -0.1) is 11.3 Å². The third-order valence-corrected chi connectivity index (χ3v) is 5.84. The van der Waals surface area contributed by atoms with Crippen LogP contribution in [0.2, 0.25) is 0 Å². The SMILES string of the molecule is CC(C)(C)OC(=O)N1CCC[C@H]1c1nc(-c2cc(CO)nc3ccccc23)cs1. The number of ether oxygens (including phenoxy) is 1. The Hall–Kier alpha value is -2.51. The summed E-state index contributed by atoms with van der Waals surface area (Å²) in [6.45, 7) is 6.20. The van der Waals surface area contributed by atoms with E-state index in [4.69, 9.17) is 9.72 Å². The maximum absolute atomic E-state index is 12.6. The van der Waals surface area contributed by atoms with Gasteiger partial charge in [0, 0.05) is 22.9 Å². The number of likely N-dealkylation sites (tertiary alicyclic amines) is 1. The lowest BCUT2D eigenvalue weighted by Crippen LogP contribution is -2.36. The van der Waals surface area contributed by atoms with E-state index in [9.17, 15) is 9.90 Å². The van der Waals surface area contributed by atoms with Gasteiger partial charge in [-0.25, -0.2) is 9.78 Å². The molecule has 0 radical (unpaired) electrons. The molecule has 1 N–H and O–H groups in total. The van der Waals surface area contributed by atoms with Gasteiger partial charge < -0.3 is 9.84 Å². The second-order valence-electron chi connectivity index (χ2n) is 8.24. The number of hydrogen-bond acceptors (Lipinski definition) is 6. The van der Waals surface area contributed by atoms with Gasteiger partial charge in [0.2, 0.25) is 0 Å². The number of pyridine rings is 1. The summed E-state index contributed by atoms with van der Waals surface area (Å²) < 4.78 is 5.58. The van der Waals surface area contributed by atoms with Crippen molar-refractivity contribution >= 4 is 28.3 Å². The fourth-order valence-corrected chi connectivity index (χ4v) is 4.62. The minimum atomic E-state index is -0.519. The summed E-state index contributed by atoms with van der Waals surface area (Å²) in [5, 5.41) is 13.5. The van der Waals surface area contributed by atoms with Crippen molar-refractivity contribution in [3.63, 3.8) is 0 Å². The lowest BCUT2D eigenvalue weighted by atomic mass is 10.1. The van der Waals surface area contributed by atoms with Crippen molar-refractivity contribution < 1.29 is 14.6 Å². The van der Waals surface area contributed by atoms with Crippen LogP contribution in [0, 0.1) is 0 Å². The van der Waals surface area contributed by atoms with E-state index < -0.39 is 5.60 Å². The van der Waals surface area contributed by atoms with Crippen molar-refractivity contribution in [1.29, 1.82) is 0 Å². The van der Waals surface area contributed by atoms with E-state index in [1.807, 2.05) is 56.5 Å². The van der Waals surface area contributed by atoms with Crippen molar-refractivity contribution in [2.45, 2.75) is 51.9 Å². The van der Waals surface area contributed by atoms with Gasteiger partial charge in [-0.1, -0.05) is 18.2 Å². The Kier molecular flexibility index (Phi) is 5.27. The van der Waals surface area contributed by atoms with Gasteiger partial charge >= 0.3 is 6.09 Å². The molecule has 6 nitrogen and oxygen atoms in total. The molecule has 0 unspecified atom stereocenters. The zero-order valence-electron chi connectivity index (χ0n) is 16.9. The molecule has 0 bridgehead atoms. The Balaban J connectivity index is 1.67. The van der Waals surface area contributed by atoms with E-state index in [0.29, 0.717) is 12.2 Å². The summed E-state index contributed by atoms with van der Waals surface area (Å²) in [5.41, 5.74) is 2.72. The normalized spacial score (nSPS) is 17.1. The molecular formula is C22H25N3O3S. The predicted octanol–water partition coefficient (Wildman–Crippen LogP) is 4.92. The van der Waals surface area contributed by atoms with Crippen LogP contribution in [0.25, 0.3) is 22.2 Å². The first-order valence-electron chi connectivity index (χ1n) is 9.80. The molecule has 1 saturated heterocycles. The van der Waals surface area contributed by atoms with Crippen molar-refractivity contribution in [2.24, 2.45) is 0 Å². The van der Waals surface area contributed by atoms with E-state index >= 15 is 0 Å². The molecule has 0 aliphatic carbocycles. The van der Waals surface area contributed by atoms with Crippen LogP contribution >= 0.6 is 11.3 Å². The van der Waals surface area contributed by atoms with E-state index in [-0.39, 0.29) is 18.7 Å². The fraction of sp³-hybridized carbons (Fsp3) is 0.409. The van der Waals surface area contributed by atoms with Crippen molar-refractivity contribution in [2.75, 3.05) is 6.54 Å². The number of fused-ring (bicyclic) bond motifs is 1. The third-order valence-electron chi connectivity index (χ3n) is 4.89. The number of carbonyl (C=O) groups excluding carboxylic acids is 1. The van der Waals surface area contributed by atoms with Crippen molar-refractivity contribution in [3.8, 4) is 11.3 Å². The summed E-state index contributed by atoms with van der Waals surface area (Å²) >= 11 is 1.56. The van der Waals surface area contributed by atoms with Gasteiger partial charge in [0.25, 0.3) is 0 Å². The molecule has 1 atom stereocenters. The Bertz CT molecular complexity index is 1040. The molecule has 4 rings (SSSR count). The zero-order valence-corrected chi connectivity index (χ0v) is 17.7. The van der Waals surface area contributed by atoms with Gasteiger partial charge in [0.05, 0.1) is 29.6 Å². The first-order valence-corrected chi connectivity index (χ1v) is 10.7. The minimum absolute atomic E-state index is 0.0611. The quantitative estimate of drug-likeness (QED) is 0.662. The number of carbonyl (C=O) groups is 1. The molecule has 0 spiro atoms. The highest BCUT2D eigenvalue weighted by atomic mass is 32.1. The average Bonchev–Trinajstić information content (AvgIpc) is 3.35. The molecular weight excluding hydrogens is 386 g/mol. The molecule has 1 fully saturated rings. The highest BCUT2D eigenvalue weighted by Gasteiger charge is 2.35. The molecule has 3 aromatic rings. The summed E-state index contributed by atoms with van der Waals surface area (Å²) in [6.07, 6.45) is 1.53. The van der Waals surface area contributed by atoms with E-state index in [0.717, 1.165) is 40.0 Å². The van der Waals surface area contributed by atoms with Gasteiger partial charge in [-0.05, 0) is 45.7 Å². The van der Waals surface area contributed by atoms with E-state index in [1.165, 1.54) is 0 Å². The second-order valence-corrected chi connectivity index (χ2v) is 9.13. The van der Waals surface area contributed by atoms with Crippen molar-refractivity contribution in [1.82, 2.24) is 14.9 Å². The molecule has 3 heterocycles. The number of hydrogen-bond donors (Lipinski definition) is 1. The van der Waals surface area contributed by atoms with Crippen LogP contribution in [0.3, 0.4) is 0 Å². The monoisotopic (exact) mass is 411 g/mol. The Morgan fingerprint density at radius 1 is 1.31 bits per heavy atom. The van der Waals surface area contributed by atoms with Crippen LogP contribution in [0.15, 0.2) is 35.7 Å². The maximum atomic E-state index is 12.6. The van der Waals surface area contributed by atoms with Crippen LogP contribution < -0.4 is 0 Å². The number of para-hydroxylation sites is 1. The van der Waals surface area contributed by atoms with Crippen molar-refractivity contribution in [3.05, 3.63) is 46.4 Å². The summed E-state index contributed by atoms with van der Waals surface area (Å²) in [4.78, 5) is 23.8. The maximum Gasteiger partial charge on any atom is 0.410 e. The number of amides is 1. The van der Waals surface area contributed by atoms with E-state index in [2.05, 4.69) is 4.98 Å². The number of nitrogens with zero attached hydrogens (tertiary/aromatic N) is 3. The molecule has 1 aromatic carbocycles. The number of aromatic nitrogens is 2. The van der Waals surface area contributed by atoms with Gasteiger partial charge in [-0.2, -0.15) is 0 Å². The van der Waals surface area contributed by atoms with Gasteiger partial charge in [0.1, 0.15) is 10.6 Å². The predicted molar refractivity (Wildman–Crippen MR) is 114 cm³/mol. The molecule has 2 aromatic heterocycles. The molecule has 1 aliphatic heterocycles. The summed E-state index contributed by atoms with van der Waals surface area (Å²) in [5.74, 6) is 0. The molecule has 1 aliphatic rings. The van der Waals surface area contributed by atoms with Gasteiger partial charge in [-0.3, -0.25) is 9.88 Å². The topological polar surface area (TPSA) is 75.5 Å². The highest BCUT2D eigenvalue weighted by molar-refractivity contribution is 7.10. The van der Waals surface area contributed by atoms with Crippen LogP contribution in [0.5, 0.6) is 0 Å². The minimum Gasteiger partial charge on any atom is -0.444 e.